The quantitative estimate of drug-likeness (QED) is 0.900. The van der Waals surface area contributed by atoms with Crippen molar-refractivity contribution in [3.05, 3.63) is 34.2 Å². The van der Waals surface area contributed by atoms with Gasteiger partial charge in [0.25, 0.3) is 0 Å². The van der Waals surface area contributed by atoms with Crippen LogP contribution < -0.4 is 0 Å². The fourth-order valence-electron chi connectivity index (χ4n) is 3.25. The minimum Gasteiger partial charge on any atom is -0.396 e. The number of thiophene rings is 1. The molecule has 1 N–H and O–H groups in total. The first-order valence-electron chi connectivity index (χ1n) is 7.75. The zero-order valence-electron chi connectivity index (χ0n) is 12.4. The second-order valence-corrected chi connectivity index (χ2v) is 7.17. The van der Waals surface area contributed by atoms with Gasteiger partial charge in [0.05, 0.1) is 6.42 Å². The zero-order chi connectivity index (χ0) is 15.5. The Hall–Kier alpha value is -1.10. The summed E-state index contributed by atoms with van der Waals surface area (Å²) in [5.74, 6) is 0.195. The number of hydrogen-bond donors (Lipinski definition) is 1. The molecule has 2 heterocycles. The van der Waals surface area contributed by atoms with Crippen LogP contribution in [0.4, 0.5) is 0 Å². The van der Waals surface area contributed by atoms with Gasteiger partial charge in [-0.05, 0) is 60.2 Å². The Morgan fingerprint density at radius 3 is 3.14 bits per heavy atom. The van der Waals surface area contributed by atoms with Gasteiger partial charge in [-0.25, -0.2) is 0 Å². The van der Waals surface area contributed by atoms with Crippen molar-refractivity contribution < 1.29 is 9.90 Å². The smallest absolute Gasteiger partial charge is 0.227 e. The van der Waals surface area contributed by atoms with E-state index in [4.69, 9.17) is 16.7 Å². The van der Waals surface area contributed by atoms with Gasteiger partial charge in [-0.2, -0.15) is 0 Å². The van der Waals surface area contributed by atoms with Gasteiger partial charge in [0, 0.05) is 28.9 Å². The van der Waals surface area contributed by atoms with E-state index in [-0.39, 0.29) is 12.5 Å². The first kappa shape index (κ1) is 15.8. The monoisotopic (exact) mass is 337 g/mol. The number of nitrogens with zero attached hydrogens (tertiary/aromatic N) is 1. The summed E-state index contributed by atoms with van der Waals surface area (Å²) in [7, 11) is 0. The summed E-state index contributed by atoms with van der Waals surface area (Å²) in [6.07, 6.45) is 4.24. The molecule has 1 aliphatic rings. The van der Waals surface area contributed by atoms with Crippen LogP contribution in [0.5, 0.6) is 0 Å². The molecule has 1 fully saturated rings. The molecule has 3 nitrogen and oxygen atoms in total. The lowest BCUT2D eigenvalue weighted by atomic mass is 10.1. The molecule has 0 bridgehead atoms. The predicted octanol–water partition coefficient (Wildman–Crippen LogP) is 3.86. The van der Waals surface area contributed by atoms with Crippen LogP contribution in [0.25, 0.3) is 10.1 Å². The fourth-order valence-corrected chi connectivity index (χ4v) is 4.36. The number of rotatable bonds is 5. The number of carbonyl (C=O) groups is 1. The predicted molar refractivity (Wildman–Crippen MR) is 91.6 cm³/mol. The first-order chi connectivity index (χ1) is 10.7. The van der Waals surface area contributed by atoms with E-state index in [0.29, 0.717) is 17.5 Å². The number of carbonyl (C=O) groups excluding carboxylic acids is 1. The van der Waals surface area contributed by atoms with E-state index in [2.05, 4.69) is 5.38 Å². The summed E-state index contributed by atoms with van der Waals surface area (Å²) in [6.45, 7) is 1.05. The van der Waals surface area contributed by atoms with Gasteiger partial charge < -0.3 is 10.0 Å². The van der Waals surface area contributed by atoms with Crippen LogP contribution in [0.3, 0.4) is 0 Å². The maximum atomic E-state index is 12.6. The first-order valence-corrected chi connectivity index (χ1v) is 9.01. The molecular weight excluding hydrogens is 318 g/mol. The van der Waals surface area contributed by atoms with Crippen LogP contribution in [0.15, 0.2) is 23.6 Å². The summed E-state index contributed by atoms with van der Waals surface area (Å²) in [5.41, 5.74) is 1.07. The molecule has 1 amide bonds. The van der Waals surface area contributed by atoms with Crippen LogP contribution in [-0.2, 0) is 11.2 Å². The minimum atomic E-state index is 0.195. The number of amides is 1. The molecule has 1 unspecified atom stereocenters. The van der Waals surface area contributed by atoms with Crippen molar-refractivity contribution in [2.45, 2.75) is 38.1 Å². The highest BCUT2D eigenvalue weighted by atomic mass is 35.5. The molecule has 1 aromatic heterocycles. The van der Waals surface area contributed by atoms with Gasteiger partial charge in [0.2, 0.25) is 5.91 Å². The Balaban J connectivity index is 1.73. The lowest BCUT2D eigenvalue weighted by Crippen LogP contribution is -2.36. The highest BCUT2D eigenvalue weighted by Crippen LogP contribution is 2.30. The minimum absolute atomic E-state index is 0.195. The van der Waals surface area contributed by atoms with Crippen molar-refractivity contribution >= 4 is 38.9 Å². The molecule has 22 heavy (non-hydrogen) atoms. The molecule has 118 valence electrons. The molecular formula is C17H20ClNO2S. The lowest BCUT2D eigenvalue weighted by Gasteiger charge is -2.24. The third-order valence-electron chi connectivity index (χ3n) is 4.35. The van der Waals surface area contributed by atoms with E-state index in [1.54, 1.807) is 11.3 Å². The van der Waals surface area contributed by atoms with Crippen molar-refractivity contribution in [2.24, 2.45) is 0 Å². The van der Waals surface area contributed by atoms with Crippen LogP contribution >= 0.6 is 22.9 Å². The second kappa shape index (κ2) is 6.99. The summed E-state index contributed by atoms with van der Waals surface area (Å²) in [6, 6.07) is 6.14. The second-order valence-electron chi connectivity index (χ2n) is 5.83. The Bertz CT molecular complexity index is 670. The SMILES string of the molecule is O=C(Cc1csc2ccc(Cl)cc12)N1CCCC1CCCO. The molecule has 2 aromatic rings. The van der Waals surface area contributed by atoms with Crippen LogP contribution in [0.2, 0.25) is 5.02 Å². The standard InChI is InChI=1S/C17H20ClNO2S/c18-13-5-6-16-15(10-13)12(11-22-16)9-17(21)19-7-1-3-14(19)4-2-8-20/h5-6,10-11,14,20H,1-4,7-9H2. The number of aliphatic hydroxyl groups excluding tert-OH is 1. The largest absolute Gasteiger partial charge is 0.396 e. The number of likely N-dealkylation sites (tertiary alicyclic amines) is 1. The molecule has 0 aliphatic carbocycles. The molecule has 0 saturated carbocycles. The van der Waals surface area contributed by atoms with E-state index in [9.17, 15) is 4.79 Å². The van der Waals surface area contributed by atoms with Gasteiger partial charge in [-0.15, -0.1) is 11.3 Å². The third-order valence-corrected chi connectivity index (χ3v) is 5.60. The van der Waals surface area contributed by atoms with Gasteiger partial charge in [0.1, 0.15) is 0 Å². The fraction of sp³-hybridized carbons (Fsp3) is 0.471. The van der Waals surface area contributed by atoms with Crippen molar-refractivity contribution in [3.63, 3.8) is 0 Å². The van der Waals surface area contributed by atoms with Gasteiger partial charge in [0.15, 0.2) is 0 Å². The third kappa shape index (κ3) is 3.29. The maximum absolute atomic E-state index is 12.6. The molecule has 0 radical (unpaired) electrons. The van der Waals surface area contributed by atoms with E-state index in [1.807, 2.05) is 23.1 Å². The van der Waals surface area contributed by atoms with Crippen LogP contribution in [0.1, 0.15) is 31.2 Å². The number of benzene rings is 1. The Kier molecular flexibility index (Phi) is 5.01. The number of aliphatic hydroxyl groups is 1. The average Bonchev–Trinajstić information content (AvgIpc) is 3.12. The number of fused-ring (bicyclic) bond motifs is 1. The highest BCUT2D eigenvalue weighted by molar-refractivity contribution is 7.17. The van der Waals surface area contributed by atoms with Crippen LogP contribution in [-0.4, -0.2) is 35.1 Å². The topological polar surface area (TPSA) is 40.5 Å². The van der Waals surface area contributed by atoms with Crippen molar-refractivity contribution in [1.82, 2.24) is 4.90 Å². The molecule has 1 aliphatic heterocycles. The molecule has 0 spiro atoms. The maximum Gasteiger partial charge on any atom is 0.227 e. The summed E-state index contributed by atoms with van der Waals surface area (Å²) in [4.78, 5) is 14.7. The van der Waals surface area contributed by atoms with Crippen molar-refractivity contribution in [1.29, 1.82) is 0 Å². The molecule has 5 heteroatoms. The average molecular weight is 338 g/mol. The normalized spacial score (nSPS) is 18.3. The molecule has 1 atom stereocenters. The van der Waals surface area contributed by atoms with Gasteiger partial charge >= 0.3 is 0 Å². The highest BCUT2D eigenvalue weighted by Gasteiger charge is 2.28. The lowest BCUT2D eigenvalue weighted by molar-refractivity contribution is -0.131. The number of halogens is 1. The van der Waals surface area contributed by atoms with Crippen molar-refractivity contribution in [2.75, 3.05) is 13.2 Å². The Morgan fingerprint density at radius 2 is 2.32 bits per heavy atom. The van der Waals surface area contributed by atoms with Gasteiger partial charge in [-0.1, -0.05) is 11.6 Å². The van der Waals surface area contributed by atoms with Gasteiger partial charge in [-0.3, -0.25) is 4.79 Å². The van der Waals surface area contributed by atoms with Crippen molar-refractivity contribution in [3.8, 4) is 0 Å². The molecule has 3 rings (SSSR count). The Labute approximate surface area is 139 Å². The molecule has 1 aromatic carbocycles. The van der Waals surface area contributed by atoms with E-state index >= 15 is 0 Å². The Morgan fingerprint density at radius 1 is 1.45 bits per heavy atom. The number of hydrogen-bond acceptors (Lipinski definition) is 3. The summed E-state index contributed by atoms with van der Waals surface area (Å²) >= 11 is 7.74. The zero-order valence-corrected chi connectivity index (χ0v) is 14.0. The van der Waals surface area contributed by atoms with E-state index in [0.717, 1.165) is 43.2 Å². The summed E-state index contributed by atoms with van der Waals surface area (Å²) in [5, 5.41) is 12.9. The molecule has 1 saturated heterocycles. The summed E-state index contributed by atoms with van der Waals surface area (Å²) < 4.78 is 1.17. The van der Waals surface area contributed by atoms with E-state index < -0.39 is 0 Å². The van der Waals surface area contributed by atoms with E-state index in [1.165, 1.54) is 4.70 Å². The van der Waals surface area contributed by atoms with Crippen LogP contribution in [0, 0.1) is 0 Å².